The van der Waals surface area contributed by atoms with Gasteiger partial charge in [-0.25, -0.2) is 8.42 Å². The van der Waals surface area contributed by atoms with Crippen LogP contribution >= 0.6 is 0 Å². The van der Waals surface area contributed by atoms with E-state index in [-0.39, 0.29) is 4.90 Å². The van der Waals surface area contributed by atoms with Crippen molar-refractivity contribution >= 4 is 21.6 Å². The number of carbonyl (C=O) groups excluding carboxylic acids is 1. The van der Waals surface area contributed by atoms with Gasteiger partial charge in [-0.05, 0) is 61.0 Å². The Kier molecular flexibility index (Phi) is 8.01. The molecule has 1 amide bonds. The number of hydrogen-bond acceptors (Lipinski definition) is 6. The Hall–Kier alpha value is -3.72. The topological polar surface area (TPSA) is 94.2 Å². The molecule has 8 nitrogen and oxygen atoms in total. The highest BCUT2D eigenvalue weighted by atomic mass is 32.2. The fourth-order valence-electron chi connectivity index (χ4n) is 3.41. The highest BCUT2D eigenvalue weighted by molar-refractivity contribution is 7.92. The molecule has 0 aliphatic carbocycles. The molecule has 0 aliphatic heterocycles. The summed E-state index contributed by atoms with van der Waals surface area (Å²) in [6.45, 7) is 1.42. The van der Waals surface area contributed by atoms with Gasteiger partial charge in [0.25, 0.3) is 10.0 Å². The van der Waals surface area contributed by atoms with Crippen LogP contribution in [0.25, 0.3) is 0 Å². The third-order valence-corrected chi connectivity index (χ3v) is 7.05. The summed E-state index contributed by atoms with van der Waals surface area (Å²) in [7, 11) is 0.570. The van der Waals surface area contributed by atoms with Gasteiger partial charge < -0.3 is 19.5 Å². The molecule has 0 fully saturated rings. The van der Waals surface area contributed by atoms with E-state index >= 15 is 0 Å². The molecule has 0 aromatic heterocycles. The number of sulfonamides is 1. The number of rotatable bonds is 10. The first-order chi connectivity index (χ1) is 16.3. The van der Waals surface area contributed by atoms with E-state index in [4.69, 9.17) is 14.2 Å². The zero-order chi connectivity index (χ0) is 24.7. The molecule has 1 N–H and O–H groups in total. The minimum absolute atomic E-state index is 0.0536. The summed E-state index contributed by atoms with van der Waals surface area (Å²) in [6, 6.07) is 19.5. The van der Waals surface area contributed by atoms with Gasteiger partial charge in [0.15, 0.2) is 11.5 Å². The quantitative estimate of drug-likeness (QED) is 0.471. The van der Waals surface area contributed by atoms with E-state index < -0.39 is 28.5 Å². The van der Waals surface area contributed by atoms with E-state index in [2.05, 4.69) is 5.32 Å². The second-order valence-corrected chi connectivity index (χ2v) is 9.29. The minimum atomic E-state index is -4.01. The molecular weight excluding hydrogens is 456 g/mol. The van der Waals surface area contributed by atoms with E-state index in [9.17, 15) is 13.2 Å². The summed E-state index contributed by atoms with van der Waals surface area (Å²) in [5.74, 6) is 1.19. The lowest BCUT2D eigenvalue weighted by atomic mass is 10.1. The van der Waals surface area contributed by atoms with Crippen LogP contribution in [-0.4, -0.2) is 42.2 Å². The Morgan fingerprint density at radius 1 is 0.882 bits per heavy atom. The number of hydrogen-bond donors (Lipinski definition) is 1. The molecule has 3 rings (SSSR count). The number of amides is 1. The summed E-state index contributed by atoms with van der Waals surface area (Å²) < 4.78 is 43.7. The van der Waals surface area contributed by atoms with Crippen LogP contribution in [0.15, 0.2) is 77.7 Å². The Morgan fingerprint density at radius 3 is 2.12 bits per heavy atom. The van der Waals surface area contributed by atoms with E-state index in [0.717, 1.165) is 9.87 Å². The number of benzene rings is 3. The monoisotopic (exact) mass is 484 g/mol. The van der Waals surface area contributed by atoms with Crippen LogP contribution in [0.2, 0.25) is 0 Å². The lowest BCUT2D eigenvalue weighted by Gasteiger charge is -2.25. The van der Waals surface area contributed by atoms with Crippen LogP contribution in [0, 0.1) is 0 Å². The average Bonchev–Trinajstić information content (AvgIpc) is 2.87. The van der Waals surface area contributed by atoms with Gasteiger partial charge in [-0.2, -0.15) is 0 Å². The molecule has 3 aromatic carbocycles. The van der Waals surface area contributed by atoms with Gasteiger partial charge >= 0.3 is 0 Å². The van der Waals surface area contributed by atoms with Gasteiger partial charge in [-0.3, -0.25) is 9.10 Å². The normalized spacial score (nSPS) is 11.9. The van der Waals surface area contributed by atoms with Crippen molar-refractivity contribution in [1.82, 2.24) is 5.32 Å². The molecule has 0 saturated heterocycles. The zero-order valence-corrected chi connectivity index (χ0v) is 20.3. The van der Waals surface area contributed by atoms with Gasteiger partial charge in [-0.1, -0.05) is 24.3 Å². The second kappa shape index (κ2) is 10.9. The molecule has 0 unspecified atom stereocenters. The van der Waals surface area contributed by atoms with Crippen LogP contribution in [0.3, 0.4) is 0 Å². The first-order valence-corrected chi connectivity index (χ1v) is 12.0. The third kappa shape index (κ3) is 5.60. The Labute approximate surface area is 200 Å². The van der Waals surface area contributed by atoms with Gasteiger partial charge in [0.2, 0.25) is 5.91 Å². The highest BCUT2D eigenvalue weighted by Gasteiger charge is 2.27. The van der Waals surface area contributed by atoms with E-state index in [1.165, 1.54) is 26.4 Å². The first-order valence-electron chi connectivity index (χ1n) is 10.5. The predicted octanol–water partition coefficient (Wildman–Crippen LogP) is 3.79. The Balaban J connectivity index is 1.85. The molecule has 3 aromatic rings. The highest BCUT2D eigenvalue weighted by Crippen LogP contribution is 2.30. The molecule has 0 saturated carbocycles. The fourth-order valence-corrected chi connectivity index (χ4v) is 4.83. The van der Waals surface area contributed by atoms with Crippen molar-refractivity contribution < 1.29 is 27.4 Å². The summed E-state index contributed by atoms with van der Waals surface area (Å²) in [6.07, 6.45) is 0. The SMILES string of the molecule is COc1ccc(S(=O)(=O)N(CC(=O)N[C@H](C)c2ccc(OC)c(OC)c2)c2ccccc2)cc1. The zero-order valence-electron chi connectivity index (χ0n) is 19.5. The number of para-hydroxylation sites is 1. The summed E-state index contributed by atoms with van der Waals surface area (Å²) in [4.78, 5) is 13.0. The van der Waals surface area contributed by atoms with Crippen LogP contribution in [0.1, 0.15) is 18.5 Å². The number of methoxy groups -OCH3 is 3. The molecule has 9 heteroatoms. The second-order valence-electron chi connectivity index (χ2n) is 7.43. The van der Waals surface area contributed by atoms with E-state index in [1.54, 1.807) is 61.7 Å². The molecule has 34 heavy (non-hydrogen) atoms. The van der Waals surface area contributed by atoms with Crippen LogP contribution in [0.5, 0.6) is 17.2 Å². The van der Waals surface area contributed by atoms with Crippen LogP contribution in [0.4, 0.5) is 5.69 Å². The van der Waals surface area contributed by atoms with E-state index in [0.29, 0.717) is 22.9 Å². The molecule has 0 aliphatic rings. The maximum Gasteiger partial charge on any atom is 0.264 e. The summed E-state index contributed by atoms with van der Waals surface area (Å²) in [5.41, 5.74) is 1.17. The van der Waals surface area contributed by atoms with Crippen molar-refractivity contribution in [2.75, 3.05) is 32.2 Å². The van der Waals surface area contributed by atoms with Crippen molar-refractivity contribution in [2.24, 2.45) is 0 Å². The standard InChI is InChI=1S/C25H28N2O6S/c1-18(19-10-15-23(32-3)24(16-19)33-4)26-25(28)17-27(20-8-6-5-7-9-20)34(29,30)22-13-11-21(31-2)12-14-22/h5-16,18H,17H2,1-4H3,(H,26,28)/t18-/m1/s1. The number of ether oxygens (including phenoxy) is 3. The van der Waals surface area contributed by atoms with Crippen molar-refractivity contribution in [1.29, 1.82) is 0 Å². The lowest BCUT2D eigenvalue weighted by Crippen LogP contribution is -2.41. The van der Waals surface area contributed by atoms with Gasteiger partial charge in [0, 0.05) is 0 Å². The molecule has 1 atom stereocenters. The molecular formula is C25H28N2O6S. The van der Waals surface area contributed by atoms with Crippen LogP contribution < -0.4 is 23.8 Å². The van der Waals surface area contributed by atoms with Gasteiger partial charge in [0.05, 0.1) is 38.0 Å². The minimum Gasteiger partial charge on any atom is -0.497 e. The Morgan fingerprint density at radius 2 is 1.53 bits per heavy atom. The van der Waals surface area contributed by atoms with Crippen molar-refractivity contribution in [3.05, 3.63) is 78.4 Å². The fraction of sp³-hybridized carbons (Fsp3) is 0.240. The number of carbonyl (C=O) groups is 1. The number of nitrogens with zero attached hydrogens (tertiary/aromatic N) is 1. The molecule has 0 radical (unpaired) electrons. The lowest BCUT2D eigenvalue weighted by molar-refractivity contribution is -0.120. The first kappa shape index (κ1) is 24.9. The van der Waals surface area contributed by atoms with E-state index in [1.807, 2.05) is 13.0 Å². The average molecular weight is 485 g/mol. The predicted molar refractivity (Wildman–Crippen MR) is 130 cm³/mol. The van der Waals surface area contributed by atoms with Gasteiger partial charge in [-0.15, -0.1) is 0 Å². The smallest absolute Gasteiger partial charge is 0.264 e. The maximum atomic E-state index is 13.5. The van der Waals surface area contributed by atoms with Crippen molar-refractivity contribution in [3.8, 4) is 17.2 Å². The maximum absolute atomic E-state index is 13.5. The van der Waals surface area contributed by atoms with Crippen molar-refractivity contribution in [3.63, 3.8) is 0 Å². The third-order valence-electron chi connectivity index (χ3n) is 5.26. The number of anilines is 1. The molecule has 0 bridgehead atoms. The van der Waals surface area contributed by atoms with Crippen molar-refractivity contribution in [2.45, 2.75) is 17.9 Å². The van der Waals surface area contributed by atoms with Crippen LogP contribution in [-0.2, 0) is 14.8 Å². The van der Waals surface area contributed by atoms with Gasteiger partial charge in [0.1, 0.15) is 12.3 Å². The Bertz CT molecular complexity index is 1210. The largest absolute Gasteiger partial charge is 0.497 e. The molecule has 180 valence electrons. The molecule has 0 heterocycles. The number of nitrogens with one attached hydrogen (secondary N) is 1. The summed E-state index contributed by atoms with van der Waals surface area (Å²) in [5, 5.41) is 2.87. The summed E-state index contributed by atoms with van der Waals surface area (Å²) >= 11 is 0. The molecule has 0 spiro atoms.